The number of carbonyl (C=O) groups excluding carboxylic acids is 4. The summed E-state index contributed by atoms with van der Waals surface area (Å²) in [6.07, 6.45) is -24.1. The van der Waals surface area contributed by atoms with Crippen LogP contribution in [0.3, 0.4) is 0 Å². The van der Waals surface area contributed by atoms with Crippen LogP contribution in [0.25, 0.3) is 0 Å². The molecule has 0 aliphatic carbocycles. The Bertz CT molecular complexity index is 4180. The number of hydrogen-bond donors (Lipinski definition) is 10. The predicted molar refractivity (Wildman–Crippen MR) is 354 cm³/mol. The van der Waals surface area contributed by atoms with Gasteiger partial charge < -0.3 is 117 Å². The zero-order chi connectivity index (χ0) is 73.7. The van der Waals surface area contributed by atoms with Gasteiger partial charge in [-0.25, -0.2) is 33.2 Å². The number of hydrogen-bond acceptors (Lipinski definition) is 29. The fraction of sp³-hybridized carbons (Fsp3) is 0.353. The second-order valence-electron chi connectivity index (χ2n) is 24.7. The van der Waals surface area contributed by atoms with Crippen LogP contribution in [-0.2, 0) is 92.3 Å². The van der Waals surface area contributed by atoms with Gasteiger partial charge in [0.2, 0.25) is 12.6 Å². The molecule has 10 N–H and O–H groups in total. The summed E-state index contributed by atoms with van der Waals surface area (Å²) in [7, 11) is 2.61. The number of ether oxygens (including phenoxy) is 10. The van der Waals surface area contributed by atoms with Crippen molar-refractivity contribution in [3.8, 4) is 40.2 Å². The molecule has 8 heterocycles. The van der Waals surface area contributed by atoms with Gasteiger partial charge in [-0.05, 0) is 111 Å². The number of thiophene rings is 2. The molecule has 550 valence electrons. The highest BCUT2D eigenvalue weighted by Gasteiger charge is 2.51. The minimum atomic E-state index is -3.12. The Morgan fingerprint density at radius 3 is 1.29 bits per heavy atom. The Balaban J connectivity index is 0.749. The van der Waals surface area contributed by atoms with E-state index >= 15 is 0 Å². The smallest absolute Gasteiger partial charge is 0.416 e. The van der Waals surface area contributed by atoms with Crippen molar-refractivity contribution < 1.29 is 140 Å². The number of carboxylic acid groups (broad SMARTS) is 2. The van der Waals surface area contributed by atoms with Gasteiger partial charge in [0.25, 0.3) is 11.8 Å². The zero-order valence-electron chi connectivity index (χ0n) is 54.5. The number of nitrogens with zero attached hydrogens (tertiary/aromatic N) is 4. The van der Waals surface area contributed by atoms with Crippen molar-refractivity contribution in [2.75, 3.05) is 24.0 Å². The normalized spacial score (nSPS) is 25.8. The van der Waals surface area contributed by atoms with Gasteiger partial charge in [-0.15, -0.1) is 22.7 Å². The number of methoxy groups -OCH3 is 2. The highest BCUT2D eigenvalue weighted by molar-refractivity contribution is 7.74. The lowest BCUT2D eigenvalue weighted by molar-refractivity contribution is -0.271. The van der Waals surface area contributed by atoms with Crippen molar-refractivity contribution in [3.05, 3.63) is 168 Å². The number of carbonyl (C=O) groups is 6. The number of amides is 4. The van der Waals surface area contributed by atoms with E-state index < -0.39 is 160 Å². The maximum absolute atomic E-state index is 14.8. The average molecular weight is 1500 g/mol. The third-order valence-corrected chi connectivity index (χ3v) is 20.6. The summed E-state index contributed by atoms with van der Waals surface area (Å²) in [4.78, 5) is 88.6. The van der Waals surface area contributed by atoms with Crippen LogP contribution in [0.15, 0.2) is 114 Å². The van der Waals surface area contributed by atoms with Crippen molar-refractivity contribution in [2.45, 2.75) is 138 Å². The topological polar surface area (TPSA) is 459 Å². The van der Waals surface area contributed by atoms with Crippen molar-refractivity contribution in [3.63, 3.8) is 0 Å². The Hall–Kier alpha value is -9.77. The summed E-state index contributed by atoms with van der Waals surface area (Å²) < 4.78 is 87.0. The zero-order valence-corrected chi connectivity index (χ0v) is 56.9. The molecule has 15 atom stereocenters. The van der Waals surface area contributed by atoms with Gasteiger partial charge in [0.15, 0.2) is 47.7 Å². The van der Waals surface area contributed by atoms with Crippen LogP contribution < -0.4 is 42.4 Å². The standard InChI is InChI=1S/C68H66N4O29S3/c1-91-45-18-39-41(71(61(81)43-22-49-34(11-13-102-49)24-69(43)59(39)79)67(87)95-26-30-3-7-36(8-4-30)97-65-55(77)51(73)53(75)57(99-65)63(83)84)20-47(45)93-28-32-15-33(17-38(16-32)101-104(89)90)29-94-48-21-42-40(19-46(48)92-2)60(80)70-25-35-12-14-103-50(35)23-44(70)62(82)72(42)68(88)96-27-31-5-9-37(10-6-31)98-66-56(78)52(74)54(76)58(100-66)64(85)86/h3-21,43-44,51-58,61-62,65-66,73-78,81-82H,22-29H2,1-2H3,(H,83,84)(H,85,86)(H,89,90)/p-1/t43-,44-,51-,52-,53-,54-,55+,56+,57-,58-,61?,62?,65+,66+/m0/s1. The molecule has 7 aromatic rings. The van der Waals surface area contributed by atoms with E-state index in [0.29, 0.717) is 11.1 Å². The van der Waals surface area contributed by atoms with Crippen LogP contribution >= 0.6 is 22.7 Å². The molecule has 104 heavy (non-hydrogen) atoms. The van der Waals surface area contributed by atoms with Crippen LogP contribution in [-0.4, -0.2) is 206 Å². The molecule has 13 rings (SSSR count). The van der Waals surface area contributed by atoms with E-state index in [1.165, 1.54) is 132 Å². The number of anilines is 2. The maximum atomic E-state index is 14.8. The minimum absolute atomic E-state index is 0.0113. The fourth-order valence-electron chi connectivity index (χ4n) is 13.0. The van der Waals surface area contributed by atoms with E-state index in [1.807, 2.05) is 22.9 Å². The first kappa shape index (κ1) is 72.6. The summed E-state index contributed by atoms with van der Waals surface area (Å²) in [5, 5.41) is 109. The van der Waals surface area contributed by atoms with E-state index in [2.05, 4.69) is 0 Å². The molecule has 4 amide bonds. The van der Waals surface area contributed by atoms with Gasteiger partial charge in [-0.1, -0.05) is 24.3 Å². The lowest BCUT2D eigenvalue weighted by Gasteiger charge is -2.38. The molecule has 2 saturated heterocycles. The molecule has 2 fully saturated rings. The second-order valence-corrected chi connectivity index (χ2v) is 27.3. The van der Waals surface area contributed by atoms with Crippen LogP contribution in [0.1, 0.15) is 63.9 Å². The van der Waals surface area contributed by atoms with E-state index in [-0.39, 0.29) is 99.8 Å². The highest BCUT2D eigenvalue weighted by atomic mass is 32.2. The van der Waals surface area contributed by atoms with Crippen LogP contribution in [0, 0.1) is 0 Å². The lowest BCUT2D eigenvalue weighted by Crippen LogP contribution is -2.61. The molecule has 0 spiro atoms. The summed E-state index contributed by atoms with van der Waals surface area (Å²) in [5.74, 6) is -4.74. The van der Waals surface area contributed by atoms with Gasteiger partial charge >= 0.3 is 24.1 Å². The second kappa shape index (κ2) is 30.1. The molecule has 5 aromatic carbocycles. The molecule has 0 saturated carbocycles. The molecule has 33 nitrogen and oxygen atoms in total. The molecule has 6 aliphatic heterocycles. The number of aliphatic hydroxyl groups is 8. The molecule has 0 bridgehead atoms. The molecular formula is C68H65N4O29S3-. The summed E-state index contributed by atoms with van der Waals surface area (Å²) >= 11 is -0.290. The number of aliphatic carboxylic acids is 2. The fourth-order valence-corrected chi connectivity index (χ4v) is 15.1. The van der Waals surface area contributed by atoms with Crippen LogP contribution in [0.5, 0.6) is 40.2 Å². The Morgan fingerprint density at radius 2 is 0.913 bits per heavy atom. The number of fused-ring (bicyclic) bond motifs is 6. The van der Waals surface area contributed by atoms with E-state index in [0.717, 1.165) is 30.7 Å². The summed E-state index contributed by atoms with van der Waals surface area (Å²) in [6.45, 7) is -1.51. The first-order valence-corrected chi connectivity index (χ1v) is 34.6. The monoisotopic (exact) mass is 1500 g/mol. The molecule has 36 heteroatoms. The third kappa shape index (κ3) is 14.5. The average Bonchev–Trinajstić information content (AvgIpc) is 1.58. The Kier molecular flexibility index (Phi) is 21.0. The predicted octanol–water partition coefficient (Wildman–Crippen LogP) is 2.78. The number of benzene rings is 5. The van der Waals surface area contributed by atoms with Gasteiger partial charge in [-0.3, -0.25) is 9.59 Å². The van der Waals surface area contributed by atoms with Crippen LogP contribution in [0.2, 0.25) is 0 Å². The molecule has 0 radical (unpaired) electrons. The summed E-state index contributed by atoms with van der Waals surface area (Å²) in [5.41, 5.74) is 2.38. The van der Waals surface area contributed by atoms with Gasteiger partial charge in [0.05, 0.1) is 48.8 Å². The third-order valence-electron chi connectivity index (χ3n) is 18.3. The largest absolute Gasteiger partial charge is 0.740 e. The first-order valence-electron chi connectivity index (χ1n) is 31.8. The maximum Gasteiger partial charge on any atom is 0.416 e. The number of aliphatic hydroxyl groups excluding tert-OH is 8. The number of carboxylic acids is 2. The van der Waals surface area contributed by atoms with E-state index in [4.69, 9.17) is 51.6 Å². The van der Waals surface area contributed by atoms with Gasteiger partial charge in [0, 0.05) is 47.8 Å². The van der Waals surface area contributed by atoms with Crippen molar-refractivity contribution in [2.24, 2.45) is 0 Å². The lowest BCUT2D eigenvalue weighted by atomic mass is 9.99. The first-order chi connectivity index (χ1) is 49.9. The molecular weight excluding hydrogens is 1430 g/mol. The molecule has 2 aromatic heterocycles. The Labute approximate surface area is 599 Å². The van der Waals surface area contributed by atoms with E-state index in [1.54, 1.807) is 6.07 Å². The molecule has 6 aliphatic rings. The quantitative estimate of drug-likeness (QED) is 0.0490. The molecule has 3 unspecified atom stereocenters. The number of rotatable bonds is 20. The Morgan fingerprint density at radius 1 is 0.510 bits per heavy atom. The summed E-state index contributed by atoms with van der Waals surface area (Å²) in [6, 6.07) is 22.5. The minimum Gasteiger partial charge on any atom is -0.740 e. The SMILES string of the molecule is COc1cc2c(cc1OCc1cc(COc3cc4c(cc3OC)C(=O)N3Cc5ccsc5C[C@H]3C(O)N4C(=O)OCc3ccc(O[C@@H]4O[C@H](C(=O)O)[C@@H](O)[C@H](O)[C@H]4O)cc3)cc(OS(=O)[O-])c1)N(C(=O)OCc1ccc(O[C@@H]3O[C@H](C(=O)O)[C@@H](O)[C@H](O)[C@H]3O)cc1)C(O)[C@@H]1Cc3sccc3CN1C2=O. The van der Waals surface area contributed by atoms with Crippen LogP contribution in [0.4, 0.5) is 21.0 Å². The highest BCUT2D eigenvalue weighted by Crippen LogP contribution is 2.46. The van der Waals surface area contributed by atoms with E-state index in [9.17, 15) is 88.6 Å². The van der Waals surface area contributed by atoms with Crippen molar-refractivity contribution in [1.29, 1.82) is 0 Å². The van der Waals surface area contributed by atoms with Crippen molar-refractivity contribution >= 4 is 81.3 Å². The van der Waals surface area contributed by atoms with Gasteiger partial charge in [0.1, 0.15) is 91.7 Å². The van der Waals surface area contributed by atoms with Crippen molar-refractivity contribution in [1.82, 2.24) is 9.80 Å². The van der Waals surface area contributed by atoms with Gasteiger partial charge in [-0.2, -0.15) is 0 Å².